The zero-order chi connectivity index (χ0) is 13.9. The van der Waals surface area contributed by atoms with Crippen LogP contribution in [0.1, 0.15) is 56.8 Å². The lowest BCUT2D eigenvalue weighted by molar-refractivity contribution is 0.518. The number of hydrogen-bond donors (Lipinski definition) is 1. The van der Waals surface area contributed by atoms with E-state index in [1.807, 2.05) is 20.8 Å². The molecule has 0 heterocycles. The van der Waals surface area contributed by atoms with E-state index in [1.54, 1.807) is 0 Å². The molecule has 0 saturated heterocycles. The van der Waals surface area contributed by atoms with Gasteiger partial charge in [0.05, 0.1) is 6.04 Å². The lowest BCUT2D eigenvalue weighted by atomic mass is 9.97. The van der Waals surface area contributed by atoms with E-state index in [9.17, 15) is 4.55 Å². The average molecular weight is 267 g/mol. The van der Waals surface area contributed by atoms with Crippen LogP contribution in [0.25, 0.3) is 0 Å². The van der Waals surface area contributed by atoms with Gasteiger partial charge in [-0.25, -0.2) is 0 Å². The van der Waals surface area contributed by atoms with E-state index >= 15 is 0 Å². The fraction of sp³-hybridized carbons (Fsp3) is 0.600. The van der Waals surface area contributed by atoms with Crippen LogP contribution in [0, 0.1) is 13.8 Å². The predicted octanol–water partition coefficient (Wildman–Crippen LogP) is 3.81. The largest absolute Gasteiger partial charge is 0.598 e. The Morgan fingerprint density at radius 3 is 2.39 bits per heavy atom. The maximum atomic E-state index is 12.2. The van der Waals surface area contributed by atoms with Crippen LogP contribution in [-0.2, 0) is 11.4 Å². The summed E-state index contributed by atoms with van der Waals surface area (Å²) in [4.78, 5) is 0. The van der Waals surface area contributed by atoms with Crippen LogP contribution < -0.4 is 4.72 Å². The van der Waals surface area contributed by atoms with Gasteiger partial charge in [-0.05, 0) is 57.7 Å². The van der Waals surface area contributed by atoms with Gasteiger partial charge in [0, 0.05) is 11.4 Å². The third kappa shape index (κ3) is 3.74. The van der Waals surface area contributed by atoms with Gasteiger partial charge in [-0.2, -0.15) is 0 Å². The second kappa shape index (κ2) is 6.09. The quantitative estimate of drug-likeness (QED) is 0.842. The molecular weight excluding hydrogens is 242 g/mol. The average Bonchev–Trinajstić information content (AvgIpc) is 2.28. The summed E-state index contributed by atoms with van der Waals surface area (Å²) in [6, 6.07) is 6.47. The first kappa shape index (κ1) is 15.5. The van der Waals surface area contributed by atoms with Crippen LogP contribution in [0.5, 0.6) is 0 Å². The molecule has 0 fully saturated rings. The second-order valence-electron chi connectivity index (χ2n) is 5.75. The van der Waals surface area contributed by atoms with Crippen molar-refractivity contribution in [2.45, 2.75) is 58.8 Å². The molecule has 0 aliphatic carbocycles. The highest BCUT2D eigenvalue weighted by Crippen LogP contribution is 2.26. The van der Waals surface area contributed by atoms with Gasteiger partial charge >= 0.3 is 0 Å². The topological polar surface area (TPSA) is 35.1 Å². The maximum absolute atomic E-state index is 12.2. The Kier molecular flexibility index (Phi) is 5.26. The summed E-state index contributed by atoms with van der Waals surface area (Å²) in [7, 11) is 0. The van der Waals surface area contributed by atoms with E-state index in [-0.39, 0.29) is 10.8 Å². The summed E-state index contributed by atoms with van der Waals surface area (Å²) < 4.78 is 15.2. The minimum absolute atomic E-state index is 0.157. The van der Waals surface area contributed by atoms with Gasteiger partial charge in [0.1, 0.15) is 4.75 Å². The van der Waals surface area contributed by atoms with Crippen LogP contribution in [0.15, 0.2) is 18.2 Å². The highest BCUT2D eigenvalue weighted by Gasteiger charge is 2.29. The first-order valence-electron chi connectivity index (χ1n) is 6.51. The monoisotopic (exact) mass is 267 g/mol. The van der Waals surface area contributed by atoms with Crippen molar-refractivity contribution in [1.29, 1.82) is 0 Å². The van der Waals surface area contributed by atoms with E-state index in [2.05, 4.69) is 43.7 Å². The first-order valence-corrected chi connectivity index (χ1v) is 7.66. The fourth-order valence-corrected chi connectivity index (χ4v) is 2.73. The molecule has 2 unspecified atom stereocenters. The van der Waals surface area contributed by atoms with Crippen LogP contribution in [0.4, 0.5) is 0 Å². The van der Waals surface area contributed by atoms with E-state index in [0.29, 0.717) is 0 Å². The van der Waals surface area contributed by atoms with Crippen LogP contribution in [0.3, 0.4) is 0 Å². The number of nitrogens with one attached hydrogen (secondary N) is 1. The van der Waals surface area contributed by atoms with E-state index in [1.165, 1.54) is 16.7 Å². The van der Waals surface area contributed by atoms with Crippen LogP contribution in [-0.4, -0.2) is 9.30 Å². The summed E-state index contributed by atoms with van der Waals surface area (Å²) >= 11 is -1.03. The molecule has 1 aromatic rings. The Hall–Kier alpha value is -0.510. The Morgan fingerprint density at radius 1 is 1.28 bits per heavy atom. The first-order chi connectivity index (χ1) is 8.27. The van der Waals surface area contributed by atoms with Crippen molar-refractivity contribution in [3.8, 4) is 0 Å². The molecule has 0 spiro atoms. The fourth-order valence-electron chi connectivity index (χ4n) is 1.82. The lowest BCUT2D eigenvalue weighted by Gasteiger charge is -2.28. The zero-order valence-electron chi connectivity index (χ0n) is 12.3. The van der Waals surface area contributed by atoms with Gasteiger partial charge in [-0.15, -0.1) is 4.72 Å². The molecule has 0 radical (unpaired) electrons. The zero-order valence-corrected chi connectivity index (χ0v) is 13.1. The third-order valence-corrected chi connectivity index (χ3v) is 4.85. The lowest BCUT2D eigenvalue weighted by Crippen LogP contribution is -2.41. The molecule has 1 rings (SSSR count). The van der Waals surface area contributed by atoms with Crippen molar-refractivity contribution < 1.29 is 4.55 Å². The summed E-state index contributed by atoms with van der Waals surface area (Å²) in [5.41, 5.74) is 3.84. The van der Waals surface area contributed by atoms with Crippen molar-refractivity contribution in [3.05, 3.63) is 34.9 Å². The minimum Gasteiger partial charge on any atom is -0.598 e. The van der Waals surface area contributed by atoms with Crippen LogP contribution in [0.2, 0.25) is 0 Å². The molecule has 18 heavy (non-hydrogen) atoms. The SMILES string of the molecule is CCC(N[S+]([O-])C(C)(C)C)c1cccc(C)c1C. The van der Waals surface area contributed by atoms with Gasteiger partial charge in [-0.3, -0.25) is 0 Å². The molecule has 0 saturated carbocycles. The van der Waals surface area contributed by atoms with E-state index in [0.717, 1.165) is 6.42 Å². The molecule has 102 valence electrons. The highest BCUT2D eigenvalue weighted by molar-refractivity contribution is 7.90. The molecule has 0 amide bonds. The van der Waals surface area contributed by atoms with Crippen molar-refractivity contribution in [1.82, 2.24) is 4.72 Å². The summed E-state index contributed by atoms with van der Waals surface area (Å²) in [5.74, 6) is 0. The standard InChI is InChI=1S/C15H25NOS/c1-7-14(16-18(17)15(4,5)6)13-10-8-9-11(2)12(13)3/h8-10,14,16H,7H2,1-6H3. The van der Waals surface area contributed by atoms with Crippen molar-refractivity contribution in [3.63, 3.8) is 0 Å². The van der Waals surface area contributed by atoms with Gasteiger partial charge in [-0.1, -0.05) is 25.1 Å². The Bertz CT molecular complexity index is 398. The Labute approximate surface area is 114 Å². The third-order valence-electron chi connectivity index (χ3n) is 3.24. The molecule has 0 aromatic heterocycles. The second-order valence-corrected chi connectivity index (χ2v) is 7.75. The predicted molar refractivity (Wildman–Crippen MR) is 80.0 cm³/mol. The van der Waals surface area contributed by atoms with Gasteiger partial charge in [0.2, 0.25) is 0 Å². The molecule has 1 aromatic carbocycles. The van der Waals surface area contributed by atoms with Gasteiger partial charge < -0.3 is 4.55 Å². The smallest absolute Gasteiger partial charge is 0.136 e. The molecule has 2 atom stereocenters. The number of aryl methyl sites for hydroxylation is 1. The normalized spacial score (nSPS) is 15.5. The molecule has 0 aliphatic rings. The van der Waals surface area contributed by atoms with Gasteiger partial charge in [0.25, 0.3) is 0 Å². The molecular formula is C15H25NOS. The molecule has 3 heteroatoms. The summed E-state index contributed by atoms with van der Waals surface area (Å²) in [6.45, 7) is 12.4. The number of benzene rings is 1. The minimum atomic E-state index is -1.03. The van der Waals surface area contributed by atoms with E-state index < -0.39 is 11.4 Å². The molecule has 0 bridgehead atoms. The highest BCUT2D eigenvalue weighted by atomic mass is 32.2. The Balaban J connectivity index is 2.94. The van der Waals surface area contributed by atoms with Crippen LogP contribution >= 0.6 is 0 Å². The maximum Gasteiger partial charge on any atom is 0.136 e. The van der Waals surface area contributed by atoms with Crippen molar-refractivity contribution in [2.24, 2.45) is 0 Å². The number of hydrogen-bond acceptors (Lipinski definition) is 2. The Morgan fingerprint density at radius 2 is 1.89 bits per heavy atom. The summed E-state index contributed by atoms with van der Waals surface area (Å²) in [6.07, 6.45) is 0.937. The molecule has 2 nitrogen and oxygen atoms in total. The molecule has 0 aliphatic heterocycles. The number of rotatable bonds is 4. The molecule has 1 N–H and O–H groups in total. The van der Waals surface area contributed by atoms with Crippen molar-refractivity contribution in [2.75, 3.05) is 0 Å². The van der Waals surface area contributed by atoms with E-state index in [4.69, 9.17) is 0 Å². The van der Waals surface area contributed by atoms with Crippen molar-refractivity contribution >= 4 is 11.4 Å². The summed E-state index contributed by atoms with van der Waals surface area (Å²) in [5, 5.41) is 0. The van der Waals surface area contributed by atoms with Gasteiger partial charge in [0.15, 0.2) is 0 Å².